The number of amides is 1. The minimum atomic E-state index is -0.197. The molecule has 2 aromatic rings. The van der Waals surface area contributed by atoms with Gasteiger partial charge < -0.3 is 10.6 Å². The molecule has 0 fully saturated rings. The van der Waals surface area contributed by atoms with Gasteiger partial charge >= 0.3 is 0 Å². The lowest BCUT2D eigenvalue weighted by Crippen LogP contribution is -2.39. The van der Waals surface area contributed by atoms with E-state index in [1.165, 1.54) is 5.56 Å². The molecule has 1 amide bonds. The Kier molecular flexibility index (Phi) is 3.84. The van der Waals surface area contributed by atoms with Gasteiger partial charge in [0, 0.05) is 17.1 Å². The molecule has 108 valence electrons. The number of nitrogens with one attached hydrogen (secondary N) is 2. The SMILES string of the molecule is CC(NC(=O)C1Cc2ccccc2N1)c1ccc(Cl)cc1. The minimum absolute atomic E-state index is 0.0219. The molecule has 2 atom stereocenters. The second-order valence-corrected chi connectivity index (χ2v) is 5.78. The Morgan fingerprint density at radius 3 is 2.67 bits per heavy atom. The van der Waals surface area contributed by atoms with E-state index in [0.29, 0.717) is 5.02 Å². The van der Waals surface area contributed by atoms with E-state index in [2.05, 4.69) is 16.7 Å². The monoisotopic (exact) mass is 300 g/mol. The summed E-state index contributed by atoms with van der Waals surface area (Å²) in [6.45, 7) is 1.98. The molecule has 0 bridgehead atoms. The number of carbonyl (C=O) groups excluding carboxylic acids is 1. The second kappa shape index (κ2) is 5.78. The highest BCUT2D eigenvalue weighted by Gasteiger charge is 2.27. The first kappa shape index (κ1) is 14.0. The van der Waals surface area contributed by atoms with Gasteiger partial charge in [0.1, 0.15) is 6.04 Å². The largest absolute Gasteiger partial charge is 0.373 e. The first-order valence-electron chi connectivity index (χ1n) is 7.04. The molecule has 2 N–H and O–H groups in total. The quantitative estimate of drug-likeness (QED) is 0.910. The molecular weight excluding hydrogens is 284 g/mol. The molecule has 0 saturated carbocycles. The third-order valence-corrected chi connectivity index (χ3v) is 4.07. The van der Waals surface area contributed by atoms with Crippen molar-refractivity contribution in [3.8, 4) is 0 Å². The first-order chi connectivity index (χ1) is 10.1. The number of hydrogen-bond acceptors (Lipinski definition) is 2. The van der Waals surface area contributed by atoms with Gasteiger partial charge in [-0.25, -0.2) is 0 Å². The number of halogens is 1. The van der Waals surface area contributed by atoms with Crippen molar-refractivity contribution < 1.29 is 4.79 Å². The van der Waals surface area contributed by atoms with Crippen LogP contribution in [0.15, 0.2) is 48.5 Å². The van der Waals surface area contributed by atoms with Crippen LogP contribution in [0.2, 0.25) is 5.02 Å². The van der Waals surface area contributed by atoms with E-state index in [1.54, 1.807) is 0 Å². The van der Waals surface area contributed by atoms with Gasteiger partial charge in [-0.15, -0.1) is 0 Å². The molecule has 0 spiro atoms. The number of anilines is 1. The summed E-state index contributed by atoms with van der Waals surface area (Å²) in [5.41, 5.74) is 3.29. The van der Waals surface area contributed by atoms with Gasteiger partial charge in [0.05, 0.1) is 6.04 Å². The van der Waals surface area contributed by atoms with E-state index in [9.17, 15) is 4.79 Å². The van der Waals surface area contributed by atoms with E-state index in [0.717, 1.165) is 17.7 Å². The zero-order valence-corrected chi connectivity index (χ0v) is 12.5. The fraction of sp³-hybridized carbons (Fsp3) is 0.235. The fourth-order valence-electron chi connectivity index (χ4n) is 2.60. The Labute approximate surface area is 129 Å². The summed E-state index contributed by atoms with van der Waals surface area (Å²) in [5, 5.41) is 7.01. The summed E-state index contributed by atoms with van der Waals surface area (Å²) in [7, 11) is 0. The van der Waals surface area contributed by atoms with Crippen LogP contribution < -0.4 is 10.6 Å². The summed E-state index contributed by atoms with van der Waals surface area (Å²) in [6.07, 6.45) is 0.731. The fourth-order valence-corrected chi connectivity index (χ4v) is 2.73. The number of carbonyl (C=O) groups is 1. The lowest BCUT2D eigenvalue weighted by molar-refractivity contribution is -0.122. The van der Waals surface area contributed by atoms with Crippen molar-refractivity contribution in [1.82, 2.24) is 5.32 Å². The topological polar surface area (TPSA) is 41.1 Å². The Balaban J connectivity index is 1.64. The standard InChI is InChI=1S/C17H17ClN2O/c1-11(12-6-8-14(18)9-7-12)19-17(21)16-10-13-4-2-3-5-15(13)20-16/h2-9,11,16,20H,10H2,1H3,(H,19,21). The maximum Gasteiger partial charge on any atom is 0.243 e. The summed E-state index contributed by atoms with van der Waals surface area (Å²) < 4.78 is 0. The molecule has 3 nitrogen and oxygen atoms in total. The Bertz CT molecular complexity index is 629. The smallest absolute Gasteiger partial charge is 0.243 e. The van der Waals surface area contributed by atoms with Gasteiger partial charge in [-0.1, -0.05) is 41.9 Å². The van der Waals surface area contributed by atoms with Crippen molar-refractivity contribution in [2.24, 2.45) is 0 Å². The Morgan fingerprint density at radius 2 is 1.95 bits per heavy atom. The van der Waals surface area contributed by atoms with Crippen molar-refractivity contribution in [3.05, 3.63) is 64.7 Å². The zero-order chi connectivity index (χ0) is 14.8. The first-order valence-corrected chi connectivity index (χ1v) is 7.41. The maximum absolute atomic E-state index is 12.4. The summed E-state index contributed by atoms with van der Waals surface area (Å²) in [6, 6.07) is 15.3. The summed E-state index contributed by atoms with van der Waals surface area (Å²) in [5.74, 6) is 0.0219. The molecule has 3 rings (SSSR count). The Morgan fingerprint density at radius 1 is 1.24 bits per heavy atom. The number of benzene rings is 2. The van der Waals surface area contributed by atoms with Crippen LogP contribution in [0, 0.1) is 0 Å². The molecule has 21 heavy (non-hydrogen) atoms. The molecule has 0 radical (unpaired) electrons. The molecule has 2 aromatic carbocycles. The summed E-state index contributed by atoms with van der Waals surface area (Å²) in [4.78, 5) is 12.4. The van der Waals surface area contributed by atoms with Gasteiger partial charge in [-0.3, -0.25) is 4.79 Å². The van der Waals surface area contributed by atoms with Crippen molar-refractivity contribution in [2.75, 3.05) is 5.32 Å². The highest BCUT2D eigenvalue weighted by molar-refractivity contribution is 6.30. The van der Waals surface area contributed by atoms with E-state index in [-0.39, 0.29) is 18.0 Å². The van der Waals surface area contributed by atoms with Crippen molar-refractivity contribution in [3.63, 3.8) is 0 Å². The summed E-state index contributed by atoms with van der Waals surface area (Å²) >= 11 is 5.88. The predicted molar refractivity (Wildman–Crippen MR) is 85.6 cm³/mol. The van der Waals surface area contributed by atoms with Crippen LogP contribution in [0.1, 0.15) is 24.1 Å². The average molecular weight is 301 g/mol. The average Bonchev–Trinajstić information content (AvgIpc) is 2.92. The van der Waals surface area contributed by atoms with Crippen LogP contribution in [-0.2, 0) is 11.2 Å². The number of rotatable bonds is 3. The lowest BCUT2D eigenvalue weighted by atomic mass is 10.1. The van der Waals surface area contributed by atoms with Crippen LogP contribution in [0.5, 0.6) is 0 Å². The van der Waals surface area contributed by atoms with Crippen LogP contribution in [0.3, 0.4) is 0 Å². The second-order valence-electron chi connectivity index (χ2n) is 5.34. The molecule has 0 saturated heterocycles. The number of hydrogen-bond donors (Lipinski definition) is 2. The zero-order valence-electron chi connectivity index (χ0n) is 11.8. The molecule has 2 unspecified atom stereocenters. The normalized spacial score (nSPS) is 17.7. The molecule has 0 aliphatic carbocycles. The molecule has 1 heterocycles. The van der Waals surface area contributed by atoms with E-state index in [1.807, 2.05) is 49.4 Å². The molecular formula is C17H17ClN2O. The van der Waals surface area contributed by atoms with Crippen molar-refractivity contribution in [1.29, 1.82) is 0 Å². The van der Waals surface area contributed by atoms with Gasteiger partial charge in [0.15, 0.2) is 0 Å². The maximum atomic E-state index is 12.4. The van der Waals surface area contributed by atoms with Gasteiger partial charge in [-0.05, 0) is 36.2 Å². The van der Waals surface area contributed by atoms with E-state index < -0.39 is 0 Å². The Hall–Kier alpha value is -2.00. The van der Waals surface area contributed by atoms with Crippen LogP contribution in [-0.4, -0.2) is 11.9 Å². The molecule has 1 aliphatic heterocycles. The lowest BCUT2D eigenvalue weighted by Gasteiger charge is -2.18. The third kappa shape index (κ3) is 3.03. The molecule has 0 aromatic heterocycles. The van der Waals surface area contributed by atoms with Crippen LogP contribution in [0.25, 0.3) is 0 Å². The van der Waals surface area contributed by atoms with Gasteiger partial charge in [0.25, 0.3) is 0 Å². The highest BCUT2D eigenvalue weighted by Crippen LogP contribution is 2.25. The molecule has 1 aliphatic rings. The van der Waals surface area contributed by atoms with Gasteiger partial charge in [0.2, 0.25) is 5.91 Å². The number of fused-ring (bicyclic) bond motifs is 1. The number of para-hydroxylation sites is 1. The van der Waals surface area contributed by atoms with Crippen molar-refractivity contribution >= 4 is 23.2 Å². The predicted octanol–water partition coefficient (Wildman–Crippen LogP) is 3.55. The van der Waals surface area contributed by atoms with Crippen LogP contribution in [0.4, 0.5) is 5.69 Å². The van der Waals surface area contributed by atoms with Crippen molar-refractivity contribution in [2.45, 2.75) is 25.4 Å². The van der Waals surface area contributed by atoms with Crippen LogP contribution >= 0.6 is 11.6 Å². The minimum Gasteiger partial charge on any atom is -0.373 e. The van der Waals surface area contributed by atoms with E-state index in [4.69, 9.17) is 11.6 Å². The third-order valence-electron chi connectivity index (χ3n) is 3.82. The van der Waals surface area contributed by atoms with Gasteiger partial charge in [-0.2, -0.15) is 0 Å². The molecule has 4 heteroatoms. The highest BCUT2D eigenvalue weighted by atomic mass is 35.5. The van der Waals surface area contributed by atoms with E-state index >= 15 is 0 Å².